The number of allylic oxidation sites excluding steroid dienone is 2. The summed E-state index contributed by atoms with van der Waals surface area (Å²) >= 11 is 0. The van der Waals surface area contributed by atoms with Gasteiger partial charge in [-0.25, -0.2) is 4.90 Å². The van der Waals surface area contributed by atoms with Crippen LogP contribution in [0.15, 0.2) is 35.9 Å². The summed E-state index contributed by atoms with van der Waals surface area (Å²) in [6.07, 6.45) is 2.08. The van der Waals surface area contributed by atoms with Crippen molar-refractivity contribution in [3.8, 4) is 0 Å². The molecule has 2 amide bonds. The zero-order chi connectivity index (χ0) is 17.6. The molecule has 0 saturated heterocycles. The van der Waals surface area contributed by atoms with Gasteiger partial charge in [0.1, 0.15) is 0 Å². The van der Waals surface area contributed by atoms with Crippen LogP contribution >= 0.6 is 0 Å². The first-order chi connectivity index (χ1) is 11.2. The molecule has 3 rings (SSSR count). The van der Waals surface area contributed by atoms with Crippen LogP contribution in [0, 0.1) is 17.3 Å². The maximum atomic E-state index is 12.4. The van der Waals surface area contributed by atoms with Crippen LogP contribution in [0.5, 0.6) is 0 Å². The van der Waals surface area contributed by atoms with Crippen LogP contribution < -0.4 is 0 Å². The molecule has 0 radical (unpaired) electrons. The van der Waals surface area contributed by atoms with E-state index in [1.807, 2.05) is 27.7 Å². The number of esters is 1. The van der Waals surface area contributed by atoms with Crippen molar-refractivity contribution in [2.75, 3.05) is 6.73 Å². The van der Waals surface area contributed by atoms with Crippen molar-refractivity contribution in [2.45, 2.75) is 27.7 Å². The molecule has 24 heavy (non-hydrogen) atoms. The third-order valence-electron chi connectivity index (χ3n) is 4.89. The molecule has 0 spiro atoms. The summed E-state index contributed by atoms with van der Waals surface area (Å²) in [6.45, 7) is 7.69. The van der Waals surface area contributed by atoms with E-state index in [2.05, 4.69) is 6.08 Å². The lowest BCUT2D eigenvalue weighted by Gasteiger charge is -2.14. The van der Waals surface area contributed by atoms with Gasteiger partial charge in [-0.05, 0) is 37.3 Å². The molecule has 1 fully saturated rings. The lowest BCUT2D eigenvalue weighted by molar-refractivity contribution is -0.148. The lowest BCUT2D eigenvalue weighted by Crippen LogP contribution is -2.33. The highest BCUT2D eigenvalue weighted by molar-refractivity contribution is 6.21. The fourth-order valence-electron chi connectivity index (χ4n) is 3.37. The number of benzene rings is 1. The van der Waals surface area contributed by atoms with Crippen LogP contribution in [-0.2, 0) is 9.53 Å². The summed E-state index contributed by atoms with van der Waals surface area (Å²) in [5, 5.41) is 0. The summed E-state index contributed by atoms with van der Waals surface area (Å²) in [6, 6.07) is 6.62. The number of hydrogen-bond acceptors (Lipinski definition) is 4. The van der Waals surface area contributed by atoms with E-state index in [0.717, 1.165) is 10.5 Å². The average Bonchev–Trinajstić information content (AvgIpc) is 2.96. The number of rotatable bonds is 4. The number of carbonyl (C=O) groups is 3. The average molecular weight is 327 g/mol. The number of amides is 2. The maximum absolute atomic E-state index is 12.4. The molecular weight excluding hydrogens is 306 g/mol. The standard InChI is InChI=1S/C19H21NO4/c1-11(2)9-14-15(19(14,3)4)18(23)24-10-20-16(21)12-7-5-6-8-13(12)17(20)22/h5-9,14-15H,10H2,1-4H3/t14-,15+/m1/s1. The largest absolute Gasteiger partial charge is 0.443 e. The van der Waals surface area contributed by atoms with Crippen LogP contribution in [0.2, 0.25) is 0 Å². The number of carbonyl (C=O) groups excluding carboxylic acids is 3. The van der Waals surface area contributed by atoms with Gasteiger partial charge in [0, 0.05) is 0 Å². The Labute approximate surface area is 141 Å². The summed E-state index contributed by atoms with van der Waals surface area (Å²) < 4.78 is 5.29. The maximum Gasteiger partial charge on any atom is 0.311 e. The molecule has 126 valence electrons. The summed E-state index contributed by atoms with van der Waals surface area (Å²) in [7, 11) is 0. The molecule has 0 N–H and O–H groups in total. The second kappa shape index (κ2) is 5.58. The highest BCUT2D eigenvalue weighted by atomic mass is 16.5. The molecule has 2 atom stereocenters. The Morgan fingerprint density at radius 1 is 1.17 bits per heavy atom. The topological polar surface area (TPSA) is 63.7 Å². The molecule has 1 aliphatic heterocycles. The van der Waals surface area contributed by atoms with Gasteiger partial charge in [0.15, 0.2) is 6.73 Å². The second-order valence-electron chi connectivity index (χ2n) is 7.25. The smallest absolute Gasteiger partial charge is 0.311 e. The van der Waals surface area contributed by atoms with Crippen LogP contribution in [0.4, 0.5) is 0 Å². The van der Waals surface area contributed by atoms with E-state index in [9.17, 15) is 14.4 Å². The van der Waals surface area contributed by atoms with E-state index in [4.69, 9.17) is 4.74 Å². The number of hydrogen-bond donors (Lipinski definition) is 0. The van der Waals surface area contributed by atoms with Gasteiger partial charge >= 0.3 is 5.97 Å². The Morgan fingerprint density at radius 3 is 2.21 bits per heavy atom. The zero-order valence-corrected chi connectivity index (χ0v) is 14.3. The van der Waals surface area contributed by atoms with Gasteiger partial charge in [-0.3, -0.25) is 14.4 Å². The van der Waals surface area contributed by atoms with Gasteiger partial charge in [0.25, 0.3) is 11.8 Å². The summed E-state index contributed by atoms with van der Waals surface area (Å²) in [5.41, 5.74) is 1.71. The van der Waals surface area contributed by atoms with Gasteiger partial charge in [-0.1, -0.05) is 37.6 Å². The van der Waals surface area contributed by atoms with Crippen molar-refractivity contribution in [3.05, 3.63) is 47.0 Å². The van der Waals surface area contributed by atoms with Gasteiger partial charge in [-0.15, -0.1) is 0 Å². The van der Waals surface area contributed by atoms with Gasteiger partial charge in [0.05, 0.1) is 17.0 Å². The first kappa shape index (κ1) is 16.4. The van der Waals surface area contributed by atoms with Crippen molar-refractivity contribution in [1.82, 2.24) is 4.90 Å². The Balaban J connectivity index is 1.66. The molecule has 1 heterocycles. The van der Waals surface area contributed by atoms with Crippen molar-refractivity contribution >= 4 is 17.8 Å². The summed E-state index contributed by atoms with van der Waals surface area (Å²) in [4.78, 5) is 37.8. The Hall–Kier alpha value is -2.43. The van der Waals surface area contributed by atoms with E-state index in [1.54, 1.807) is 24.3 Å². The Kier molecular flexibility index (Phi) is 3.82. The molecule has 5 heteroatoms. The predicted molar refractivity (Wildman–Crippen MR) is 88.1 cm³/mol. The highest BCUT2D eigenvalue weighted by Crippen LogP contribution is 2.59. The fraction of sp³-hybridized carbons (Fsp3) is 0.421. The lowest BCUT2D eigenvalue weighted by atomic mass is 10.1. The van der Waals surface area contributed by atoms with Crippen molar-refractivity contribution in [3.63, 3.8) is 0 Å². The third kappa shape index (κ3) is 2.54. The molecule has 0 aromatic heterocycles. The van der Waals surface area contributed by atoms with Crippen LogP contribution in [0.25, 0.3) is 0 Å². The monoisotopic (exact) mass is 327 g/mol. The first-order valence-electron chi connectivity index (χ1n) is 8.02. The Morgan fingerprint density at radius 2 is 1.71 bits per heavy atom. The summed E-state index contributed by atoms with van der Waals surface area (Å²) in [5.74, 6) is -1.29. The molecule has 2 aliphatic rings. The third-order valence-corrected chi connectivity index (χ3v) is 4.89. The number of fused-ring (bicyclic) bond motifs is 1. The van der Waals surface area contributed by atoms with E-state index < -0.39 is 11.8 Å². The molecule has 0 unspecified atom stereocenters. The van der Waals surface area contributed by atoms with Gasteiger partial charge in [-0.2, -0.15) is 0 Å². The molecule has 1 aromatic rings. The second-order valence-corrected chi connectivity index (χ2v) is 7.25. The predicted octanol–water partition coefficient (Wildman–Crippen LogP) is 3.02. The minimum absolute atomic E-state index is 0.136. The molecule has 1 aromatic carbocycles. The molecule has 5 nitrogen and oxygen atoms in total. The normalized spacial score (nSPS) is 23.8. The number of ether oxygens (including phenoxy) is 1. The van der Waals surface area contributed by atoms with E-state index in [1.165, 1.54) is 0 Å². The van der Waals surface area contributed by atoms with Crippen molar-refractivity contribution in [1.29, 1.82) is 0 Å². The van der Waals surface area contributed by atoms with Crippen LogP contribution in [0.1, 0.15) is 48.4 Å². The Bertz CT molecular complexity index is 723. The van der Waals surface area contributed by atoms with Gasteiger partial charge < -0.3 is 4.74 Å². The number of imide groups is 1. The quantitative estimate of drug-likeness (QED) is 0.484. The minimum Gasteiger partial charge on any atom is -0.443 e. The van der Waals surface area contributed by atoms with Crippen LogP contribution in [-0.4, -0.2) is 29.4 Å². The minimum atomic E-state index is -0.417. The van der Waals surface area contributed by atoms with E-state index in [-0.39, 0.29) is 30.0 Å². The molecule has 1 aliphatic carbocycles. The molecule has 0 bridgehead atoms. The fourth-order valence-corrected chi connectivity index (χ4v) is 3.37. The zero-order valence-electron chi connectivity index (χ0n) is 14.3. The number of nitrogens with zero attached hydrogens (tertiary/aromatic N) is 1. The first-order valence-corrected chi connectivity index (χ1v) is 8.02. The van der Waals surface area contributed by atoms with E-state index >= 15 is 0 Å². The van der Waals surface area contributed by atoms with Crippen molar-refractivity contribution < 1.29 is 19.1 Å². The van der Waals surface area contributed by atoms with Gasteiger partial charge in [0.2, 0.25) is 0 Å². The molecular formula is C19H21NO4. The highest BCUT2D eigenvalue weighted by Gasteiger charge is 2.61. The SMILES string of the molecule is CC(C)=C[C@@H]1[C@@H](C(=O)OCN2C(=O)c3ccccc3C2=O)C1(C)C. The van der Waals surface area contributed by atoms with Crippen LogP contribution in [0.3, 0.4) is 0 Å². The van der Waals surface area contributed by atoms with Crippen molar-refractivity contribution in [2.24, 2.45) is 17.3 Å². The van der Waals surface area contributed by atoms with E-state index in [0.29, 0.717) is 11.1 Å². The molecule has 1 saturated carbocycles.